The molecule has 0 fully saturated rings. The molecule has 1 unspecified atom stereocenters. The molecule has 1 atom stereocenters. The predicted octanol–water partition coefficient (Wildman–Crippen LogP) is 2.62. The fourth-order valence-corrected chi connectivity index (χ4v) is 1.80. The lowest BCUT2D eigenvalue weighted by Gasteiger charge is -2.11. The van der Waals surface area contributed by atoms with Crippen LogP contribution in [0.4, 0.5) is 8.78 Å². The third-order valence-electron chi connectivity index (χ3n) is 2.77. The van der Waals surface area contributed by atoms with Crippen molar-refractivity contribution in [3.05, 3.63) is 23.3 Å². The van der Waals surface area contributed by atoms with Crippen LogP contribution in [0.1, 0.15) is 24.5 Å². The Kier molecular flexibility index (Phi) is 3.36. The number of halogens is 2. The van der Waals surface area contributed by atoms with E-state index in [4.69, 9.17) is 14.6 Å². The molecule has 4 nitrogen and oxygen atoms in total. The Morgan fingerprint density at radius 2 is 2.17 bits per heavy atom. The van der Waals surface area contributed by atoms with Crippen molar-refractivity contribution >= 4 is 5.97 Å². The number of ether oxygens (including phenoxy) is 2. The van der Waals surface area contributed by atoms with E-state index in [1.807, 2.05) is 0 Å². The van der Waals surface area contributed by atoms with Crippen LogP contribution in [0.3, 0.4) is 0 Å². The number of hydrogen-bond acceptors (Lipinski definition) is 3. The molecule has 1 N–H and O–H groups in total. The van der Waals surface area contributed by atoms with Crippen LogP contribution in [0.15, 0.2) is 12.1 Å². The molecule has 98 valence electrons. The van der Waals surface area contributed by atoms with Crippen LogP contribution < -0.4 is 9.47 Å². The van der Waals surface area contributed by atoms with Crippen molar-refractivity contribution < 1.29 is 28.2 Å². The van der Waals surface area contributed by atoms with Gasteiger partial charge in [0.2, 0.25) is 6.79 Å². The summed E-state index contributed by atoms with van der Waals surface area (Å²) in [6.45, 7) is 1.48. The highest BCUT2D eigenvalue weighted by Crippen LogP contribution is 2.40. The molecule has 0 aliphatic carbocycles. The van der Waals surface area contributed by atoms with Crippen LogP contribution in [0.5, 0.6) is 11.5 Å². The summed E-state index contributed by atoms with van der Waals surface area (Å²) in [5, 5.41) is 8.85. The van der Waals surface area contributed by atoms with E-state index in [0.29, 0.717) is 11.3 Å². The summed E-state index contributed by atoms with van der Waals surface area (Å²) in [6, 6.07) is 2.50. The van der Waals surface area contributed by atoms with Gasteiger partial charge in [0.15, 0.2) is 11.5 Å². The van der Waals surface area contributed by atoms with E-state index < -0.39 is 18.3 Å². The van der Waals surface area contributed by atoms with Gasteiger partial charge in [-0.15, -0.1) is 0 Å². The monoisotopic (exact) mass is 258 g/mol. The van der Waals surface area contributed by atoms with E-state index in [2.05, 4.69) is 0 Å². The number of benzene rings is 1. The summed E-state index contributed by atoms with van der Waals surface area (Å²) >= 11 is 0. The fourth-order valence-electron chi connectivity index (χ4n) is 1.80. The van der Waals surface area contributed by atoms with E-state index in [9.17, 15) is 13.6 Å². The lowest BCUT2D eigenvalue weighted by atomic mass is 9.98. The van der Waals surface area contributed by atoms with Gasteiger partial charge in [-0.05, 0) is 24.1 Å². The summed E-state index contributed by atoms with van der Waals surface area (Å²) in [4.78, 5) is 10.8. The maximum Gasteiger partial charge on any atom is 0.306 e. The minimum absolute atomic E-state index is 0.0313. The molecular weight excluding hydrogens is 246 g/mol. The Balaban J connectivity index is 2.36. The van der Waals surface area contributed by atoms with Gasteiger partial charge in [-0.1, -0.05) is 6.92 Å². The normalized spacial score (nSPS) is 14.9. The van der Waals surface area contributed by atoms with Crippen LogP contribution >= 0.6 is 0 Å². The zero-order valence-electron chi connectivity index (χ0n) is 9.65. The van der Waals surface area contributed by atoms with Crippen molar-refractivity contribution in [3.8, 4) is 11.5 Å². The fraction of sp³-hybridized carbons (Fsp3) is 0.417. The maximum atomic E-state index is 12.7. The van der Waals surface area contributed by atoms with Gasteiger partial charge in [0.25, 0.3) is 6.43 Å². The molecule has 1 aromatic rings. The Hall–Kier alpha value is -1.85. The topological polar surface area (TPSA) is 55.8 Å². The van der Waals surface area contributed by atoms with Gasteiger partial charge in [0, 0.05) is 5.56 Å². The molecule has 0 saturated carbocycles. The molecule has 0 amide bonds. The van der Waals surface area contributed by atoms with E-state index >= 15 is 0 Å². The van der Waals surface area contributed by atoms with Gasteiger partial charge < -0.3 is 14.6 Å². The average Bonchev–Trinajstić information content (AvgIpc) is 2.76. The molecule has 0 spiro atoms. The third-order valence-corrected chi connectivity index (χ3v) is 2.77. The number of carboxylic acid groups (broad SMARTS) is 1. The zero-order chi connectivity index (χ0) is 13.3. The molecule has 1 aliphatic rings. The van der Waals surface area contributed by atoms with Gasteiger partial charge in [-0.3, -0.25) is 4.79 Å². The van der Waals surface area contributed by atoms with Gasteiger partial charge in [0.05, 0.1) is 5.92 Å². The molecule has 0 aromatic heterocycles. The van der Waals surface area contributed by atoms with E-state index in [1.165, 1.54) is 19.1 Å². The highest BCUT2D eigenvalue weighted by atomic mass is 19.3. The van der Waals surface area contributed by atoms with Crippen LogP contribution in [0.2, 0.25) is 0 Å². The van der Waals surface area contributed by atoms with Crippen molar-refractivity contribution in [1.29, 1.82) is 0 Å². The lowest BCUT2D eigenvalue weighted by Crippen LogP contribution is -2.12. The van der Waals surface area contributed by atoms with Crippen molar-refractivity contribution in [2.24, 2.45) is 5.92 Å². The van der Waals surface area contributed by atoms with Crippen LogP contribution in [-0.4, -0.2) is 17.9 Å². The second-order valence-corrected chi connectivity index (χ2v) is 4.16. The first-order chi connectivity index (χ1) is 8.49. The molecule has 1 aliphatic heterocycles. The zero-order valence-corrected chi connectivity index (χ0v) is 9.65. The second kappa shape index (κ2) is 4.80. The summed E-state index contributed by atoms with van der Waals surface area (Å²) in [5.74, 6) is -1.04. The summed E-state index contributed by atoms with van der Waals surface area (Å²) in [7, 11) is 0. The molecule has 6 heteroatoms. The standard InChI is InChI=1S/C12H12F2O4/c1-6(12(15)16)2-7-3-8(11(13)14)4-9-10(7)18-5-17-9/h3-4,6,11H,2,5H2,1H3,(H,15,16). The van der Waals surface area contributed by atoms with Crippen molar-refractivity contribution in [2.75, 3.05) is 6.79 Å². The van der Waals surface area contributed by atoms with Crippen molar-refractivity contribution in [3.63, 3.8) is 0 Å². The van der Waals surface area contributed by atoms with Crippen molar-refractivity contribution in [2.45, 2.75) is 19.8 Å². The summed E-state index contributed by atoms with van der Waals surface area (Å²) in [5.41, 5.74) is 0.252. The predicted molar refractivity (Wildman–Crippen MR) is 58.0 cm³/mol. The number of carboxylic acids is 1. The highest BCUT2D eigenvalue weighted by molar-refractivity contribution is 5.70. The number of fused-ring (bicyclic) bond motifs is 1. The first-order valence-electron chi connectivity index (χ1n) is 5.42. The first kappa shape index (κ1) is 12.6. The first-order valence-corrected chi connectivity index (χ1v) is 5.42. The number of hydrogen-bond donors (Lipinski definition) is 1. The second-order valence-electron chi connectivity index (χ2n) is 4.16. The molecule has 1 heterocycles. The molecule has 0 saturated heterocycles. The molecule has 18 heavy (non-hydrogen) atoms. The molecule has 0 bridgehead atoms. The quantitative estimate of drug-likeness (QED) is 0.901. The van der Waals surface area contributed by atoms with Gasteiger partial charge in [0.1, 0.15) is 0 Å². The minimum Gasteiger partial charge on any atom is -0.481 e. The lowest BCUT2D eigenvalue weighted by molar-refractivity contribution is -0.141. The molecule has 1 aromatic carbocycles. The highest BCUT2D eigenvalue weighted by Gasteiger charge is 2.24. The Morgan fingerprint density at radius 3 is 2.78 bits per heavy atom. The number of carbonyl (C=O) groups is 1. The van der Waals surface area contributed by atoms with Crippen LogP contribution in [0.25, 0.3) is 0 Å². The van der Waals surface area contributed by atoms with Crippen LogP contribution in [0, 0.1) is 5.92 Å². The third kappa shape index (κ3) is 2.37. The van der Waals surface area contributed by atoms with Gasteiger partial charge >= 0.3 is 5.97 Å². The van der Waals surface area contributed by atoms with Crippen molar-refractivity contribution in [1.82, 2.24) is 0 Å². The molecule has 0 radical (unpaired) electrons. The number of aliphatic carboxylic acids is 1. The largest absolute Gasteiger partial charge is 0.481 e. The summed E-state index contributed by atoms with van der Waals surface area (Å²) in [6.07, 6.45) is -2.50. The number of rotatable bonds is 4. The molecule has 2 rings (SSSR count). The Labute approximate surface area is 102 Å². The SMILES string of the molecule is CC(Cc1cc(C(F)F)cc2c1OCO2)C(=O)O. The average molecular weight is 258 g/mol. The van der Waals surface area contributed by atoms with E-state index in [0.717, 1.165) is 0 Å². The molecular formula is C12H12F2O4. The Bertz CT molecular complexity index is 473. The van der Waals surface area contributed by atoms with Crippen LogP contribution in [-0.2, 0) is 11.2 Å². The van der Waals surface area contributed by atoms with E-state index in [1.54, 1.807) is 0 Å². The maximum absolute atomic E-state index is 12.7. The van der Waals surface area contributed by atoms with Gasteiger partial charge in [-0.25, -0.2) is 8.78 Å². The smallest absolute Gasteiger partial charge is 0.306 e. The minimum atomic E-state index is -2.63. The van der Waals surface area contributed by atoms with E-state index in [-0.39, 0.29) is 24.5 Å². The Morgan fingerprint density at radius 1 is 1.44 bits per heavy atom. The number of alkyl halides is 2. The van der Waals surface area contributed by atoms with Gasteiger partial charge in [-0.2, -0.15) is 0 Å². The summed E-state index contributed by atoms with van der Waals surface area (Å²) < 4.78 is 35.7.